The number of aliphatic hydroxyl groups is 1. The number of hydrogen-bond donors (Lipinski definition) is 2. The van der Waals surface area contributed by atoms with E-state index in [1.165, 1.54) is 10.0 Å². The largest absolute Gasteiger partial charge is 0.384 e. The molecule has 0 saturated heterocycles. The van der Waals surface area contributed by atoms with E-state index in [2.05, 4.69) is 15.2 Å². The van der Waals surface area contributed by atoms with Crippen molar-refractivity contribution in [3.8, 4) is 0 Å². The summed E-state index contributed by atoms with van der Waals surface area (Å²) in [7, 11) is 0. The molecule has 30 heavy (non-hydrogen) atoms. The number of pyridine rings is 1. The molecule has 0 unspecified atom stereocenters. The van der Waals surface area contributed by atoms with Gasteiger partial charge >= 0.3 is 0 Å². The smallest absolute Gasteiger partial charge is 0.273 e. The first-order chi connectivity index (χ1) is 14.6. The number of fused-ring (bicyclic) bond motifs is 3. The highest BCUT2D eigenvalue weighted by Gasteiger charge is 2.78. The lowest BCUT2D eigenvalue weighted by molar-refractivity contribution is -0.130. The molecule has 0 bridgehead atoms. The number of carbonyl (C=O) groups is 1. The summed E-state index contributed by atoms with van der Waals surface area (Å²) in [5.74, 6) is -0.464. The second-order valence-corrected chi connectivity index (χ2v) is 7.38. The van der Waals surface area contributed by atoms with E-state index in [0.717, 1.165) is 0 Å². The molecule has 2 aromatic carbocycles. The fourth-order valence-electron chi connectivity index (χ4n) is 4.64. The Morgan fingerprint density at radius 1 is 0.900 bits per heavy atom. The molecule has 0 saturated carbocycles. The predicted molar refractivity (Wildman–Crippen MR) is 112 cm³/mol. The molecule has 6 rings (SSSR count). The molecule has 8 heteroatoms. The Morgan fingerprint density at radius 3 is 2.27 bits per heavy atom. The van der Waals surface area contributed by atoms with Gasteiger partial charge in [0.05, 0.1) is 17.1 Å². The molecule has 1 amide bonds. The number of hydrogen-bond acceptors (Lipinski definition) is 7. The maximum atomic E-state index is 13.9. The van der Waals surface area contributed by atoms with Gasteiger partial charge in [-0.05, 0) is 30.3 Å². The molecule has 2 aliphatic heterocycles. The predicted octanol–water partition coefficient (Wildman–Crippen LogP) is 1.77. The number of amidine groups is 1. The number of rotatable bonds is 2. The quantitative estimate of drug-likeness (QED) is 0.687. The summed E-state index contributed by atoms with van der Waals surface area (Å²) in [4.78, 5) is 18.1. The average molecular weight is 396 g/mol. The van der Waals surface area contributed by atoms with Gasteiger partial charge in [0.1, 0.15) is 5.84 Å². The molecule has 3 heterocycles. The number of para-hydroxylation sites is 2. The van der Waals surface area contributed by atoms with Crippen LogP contribution < -0.4 is 15.8 Å². The Kier molecular flexibility index (Phi) is 3.10. The minimum atomic E-state index is -1.86. The molecule has 3 N–H and O–H groups in total. The maximum absolute atomic E-state index is 13.9. The van der Waals surface area contributed by atoms with Crippen molar-refractivity contribution < 1.29 is 9.90 Å². The second-order valence-electron chi connectivity index (χ2n) is 7.38. The molecule has 0 radical (unpaired) electrons. The van der Waals surface area contributed by atoms with E-state index in [4.69, 9.17) is 5.73 Å². The number of benzene rings is 2. The van der Waals surface area contributed by atoms with Crippen molar-refractivity contribution in [3.05, 3.63) is 90.3 Å². The number of anilines is 2. The first-order valence-corrected chi connectivity index (χ1v) is 9.46. The highest BCUT2D eigenvalue weighted by molar-refractivity contribution is 6.40. The van der Waals surface area contributed by atoms with E-state index < -0.39 is 17.0 Å². The molecule has 1 aliphatic carbocycles. The summed E-state index contributed by atoms with van der Waals surface area (Å²) < 4.78 is 0. The van der Waals surface area contributed by atoms with Crippen LogP contribution in [0.4, 0.5) is 11.4 Å². The van der Waals surface area contributed by atoms with E-state index in [1.54, 1.807) is 42.7 Å². The van der Waals surface area contributed by atoms with Gasteiger partial charge in [0.25, 0.3) is 5.91 Å². The van der Waals surface area contributed by atoms with Crippen LogP contribution in [0.1, 0.15) is 11.1 Å². The van der Waals surface area contributed by atoms with Crippen LogP contribution in [-0.4, -0.2) is 27.5 Å². The number of amides is 1. The van der Waals surface area contributed by atoms with Crippen LogP contribution in [0.5, 0.6) is 0 Å². The zero-order chi connectivity index (χ0) is 20.5. The van der Waals surface area contributed by atoms with E-state index in [9.17, 15) is 9.90 Å². The van der Waals surface area contributed by atoms with Crippen LogP contribution >= 0.6 is 0 Å². The molecular weight excluding hydrogens is 380 g/mol. The summed E-state index contributed by atoms with van der Waals surface area (Å²) in [5.41, 5.74) is 5.49. The Morgan fingerprint density at radius 2 is 1.57 bits per heavy atom. The number of aromatic nitrogens is 1. The van der Waals surface area contributed by atoms with Gasteiger partial charge in [-0.3, -0.25) is 9.78 Å². The van der Waals surface area contributed by atoms with Crippen molar-refractivity contribution in [3.63, 3.8) is 0 Å². The third kappa shape index (κ3) is 1.71. The third-order valence-corrected chi connectivity index (χ3v) is 5.94. The Balaban J connectivity index is 1.64. The normalized spacial score (nSPS) is 26.2. The molecule has 1 aromatic heterocycles. The van der Waals surface area contributed by atoms with E-state index in [0.29, 0.717) is 28.2 Å². The van der Waals surface area contributed by atoms with Crippen LogP contribution in [0.15, 0.2) is 89.3 Å². The first kappa shape index (κ1) is 16.9. The molecule has 2 atom stereocenters. The third-order valence-electron chi connectivity index (χ3n) is 5.94. The van der Waals surface area contributed by atoms with Gasteiger partial charge in [0, 0.05) is 23.5 Å². The Labute approximate surface area is 171 Å². The molecule has 0 fully saturated rings. The fraction of sp³-hybridized carbons (Fsp3) is 0.0909. The summed E-state index contributed by atoms with van der Waals surface area (Å²) in [6.45, 7) is 0. The zero-order valence-corrected chi connectivity index (χ0v) is 15.7. The van der Waals surface area contributed by atoms with E-state index in [1.807, 2.05) is 36.4 Å². The number of carbonyl (C=O) groups excluding carboxylic acids is 1. The highest BCUT2D eigenvalue weighted by atomic mass is 16.3. The standard InChI is InChI=1S/C22H16N6O2/c23-19-21-18(25-27(20(21)29)14-7-3-1-4-8-14)16-13-24-12-11-17(16)22(21,30)28(26-19)15-9-5-2-6-10-15/h1-13,30H,(H2,23,26)/t21-,22+/m0/s1. The van der Waals surface area contributed by atoms with Gasteiger partial charge in [-0.1, -0.05) is 36.4 Å². The van der Waals surface area contributed by atoms with Gasteiger partial charge in [-0.15, -0.1) is 0 Å². The van der Waals surface area contributed by atoms with E-state index in [-0.39, 0.29) is 5.84 Å². The van der Waals surface area contributed by atoms with Gasteiger partial charge < -0.3 is 10.8 Å². The van der Waals surface area contributed by atoms with Gasteiger partial charge in [-0.2, -0.15) is 15.2 Å². The highest BCUT2D eigenvalue weighted by Crippen LogP contribution is 2.60. The van der Waals surface area contributed by atoms with Crippen molar-refractivity contribution in [1.82, 2.24) is 4.98 Å². The number of hydrazone groups is 2. The maximum Gasteiger partial charge on any atom is 0.273 e. The van der Waals surface area contributed by atoms with Crippen LogP contribution in [0.2, 0.25) is 0 Å². The van der Waals surface area contributed by atoms with Crippen LogP contribution in [0.3, 0.4) is 0 Å². The topological polar surface area (TPSA) is 107 Å². The van der Waals surface area contributed by atoms with Crippen molar-refractivity contribution in [2.24, 2.45) is 21.4 Å². The molecule has 146 valence electrons. The lowest BCUT2D eigenvalue weighted by atomic mass is 9.75. The zero-order valence-electron chi connectivity index (χ0n) is 15.7. The van der Waals surface area contributed by atoms with Crippen molar-refractivity contribution in [1.29, 1.82) is 0 Å². The van der Waals surface area contributed by atoms with Crippen molar-refractivity contribution >= 4 is 28.8 Å². The molecule has 3 aromatic rings. The molecule has 8 nitrogen and oxygen atoms in total. The first-order valence-electron chi connectivity index (χ1n) is 9.46. The van der Waals surface area contributed by atoms with Crippen molar-refractivity contribution in [2.45, 2.75) is 5.72 Å². The van der Waals surface area contributed by atoms with Gasteiger partial charge in [-0.25, -0.2) is 5.01 Å². The average Bonchev–Trinajstić information content (AvgIpc) is 3.32. The lowest BCUT2D eigenvalue weighted by Crippen LogP contribution is -2.60. The van der Waals surface area contributed by atoms with Crippen LogP contribution in [-0.2, 0) is 10.5 Å². The minimum Gasteiger partial charge on any atom is -0.384 e. The fourth-order valence-corrected chi connectivity index (χ4v) is 4.64. The van der Waals surface area contributed by atoms with Crippen LogP contribution in [0.25, 0.3) is 0 Å². The number of nitrogens with two attached hydrogens (primary N) is 1. The molecule has 1 spiro atoms. The minimum absolute atomic E-state index is 0.00719. The summed E-state index contributed by atoms with van der Waals surface area (Å²) >= 11 is 0. The second kappa shape index (κ2) is 5.52. The molecular formula is C22H16N6O2. The Hall–Kier alpha value is -4.04. The van der Waals surface area contributed by atoms with Gasteiger partial charge in [0.15, 0.2) is 0 Å². The van der Waals surface area contributed by atoms with Crippen molar-refractivity contribution in [2.75, 3.05) is 10.0 Å². The monoisotopic (exact) mass is 396 g/mol. The van der Waals surface area contributed by atoms with E-state index >= 15 is 0 Å². The van der Waals surface area contributed by atoms with Gasteiger partial charge in [0.2, 0.25) is 11.1 Å². The van der Waals surface area contributed by atoms with Crippen LogP contribution in [0, 0.1) is 5.41 Å². The molecule has 3 aliphatic rings. The lowest BCUT2D eigenvalue weighted by Gasteiger charge is -2.38. The summed E-state index contributed by atoms with van der Waals surface area (Å²) in [6.07, 6.45) is 3.17. The summed E-state index contributed by atoms with van der Waals surface area (Å²) in [5, 5.41) is 24.0. The SMILES string of the molecule is NC1=NN(c2ccccc2)[C@@]2(O)c3ccncc3C3=NN(c4ccccc4)C(=O)[C@@]132. The summed E-state index contributed by atoms with van der Waals surface area (Å²) in [6, 6.07) is 19.9. The Bertz CT molecular complexity index is 1260. The number of nitrogens with zero attached hydrogens (tertiary/aromatic N) is 5.